The van der Waals surface area contributed by atoms with Gasteiger partial charge in [-0.1, -0.05) is 6.07 Å². The first-order valence-electron chi connectivity index (χ1n) is 5.73. The number of nitrogens with zero attached hydrogens (tertiary/aromatic N) is 3. The first-order valence-corrected chi connectivity index (χ1v) is 5.73. The Morgan fingerprint density at radius 1 is 0.895 bits per heavy atom. The number of benzene rings is 1. The monoisotopic (exact) mass is 253 g/mol. The summed E-state index contributed by atoms with van der Waals surface area (Å²) < 4.78 is 1.67. The zero-order valence-corrected chi connectivity index (χ0v) is 9.93. The van der Waals surface area contributed by atoms with Crippen molar-refractivity contribution in [2.75, 3.05) is 0 Å². The molecule has 0 fully saturated rings. The van der Waals surface area contributed by atoms with Crippen LogP contribution in [0, 0.1) is 0 Å². The molecule has 0 saturated heterocycles. The molecule has 3 rings (SSSR count). The number of hydrogen-bond donors (Lipinski definition) is 2. The van der Waals surface area contributed by atoms with Gasteiger partial charge in [-0.2, -0.15) is 5.10 Å². The predicted molar refractivity (Wildman–Crippen MR) is 70.1 cm³/mol. The van der Waals surface area contributed by atoms with Gasteiger partial charge in [-0.15, -0.1) is 0 Å². The van der Waals surface area contributed by atoms with Crippen LogP contribution in [0.4, 0.5) is 0 Å². The molecule has 0 aliphatic carbocycles. The molecule has 5 nitrogen and oxygen atoms in total. The van der Waals surface area contributed by atoms with Crippen LogP contribution in [0.5, 0.6) is 11.5 Å². The predicted octanol–water partition coefficient (Wildman–Crippen LogP) is 2.35. The topological polar surface area (TPSA) is 71.2 Å². The van der Waals surface area contributed by atoms with Gasteiger partial charge in [0.15, 0.2) is 17.3 Å². The van der Waals surface area contributed by atoms with Crippen LogP contribution in [0.2, 0.25) is 0 Å². The Bertz CT molecular complexity index is 708. The first kappa shape index (κ1) is 11.3. The zero-order chi connectivity index (χ0) is 13.2. The molecule has 0 bridgehead atoms. The second-order valence-electron chi connectivity index (χ2n) is 4.02. The molecule has 0 amide bonds. The summed E-state index contributed by atoms with van der Waals surface area (Å²) in [6.07, 6.45) is 3.35. The molecule has 5 heteroatoms. The van der Waals surface area contributed by atoms with Crippen LogP contribution >= 0.6 is 0 Å². The van der Waals surface area contributed by atoms with Gasteiger partial charge < -0.3 is 10.2 Å². The fourth-order valence-electron chi connectivity index (χ4n) is 1.87. The maximum atomic E-state index is 9.57. The van der Waals surface area contributed by atoms with Gasteiger partial charge in [-0.3, -0.25) is 0 Å². The second kappa shape index (κ2) is 4.45. The minimum absolute atomic E-state index is 0.146. The Hall–Kier alpha value is -2.82. The van der Waals surface area contributed by atoms with Gasteiger partial charge in [0, 0.05) is 11.8 Å². The van der Waals surface area contributed by atoms with Gasteiger partial charge in [0.05, 0.1) is 11.9 Å². The van der Waals surface area contributed by atoms with Crippen molar-refractivity contribution in [3.8, 4) is 28.6 Å². The highest BCUT2D eigenvalue weighted by molar-refractivity contribution is 5.65. The highest BCUT2D eigenvalue weighted by Crippen LogP contribution is 2.30. The number of aromatic hydroxyl groups is 2. The van der Waals surface area contributed by atoms with Crippen LogP contribution in [0.15, 0.2) is 54.9 Å². The lowest BCUT2D eigenvalue weighted by Crippen LogP contribution is -2.00. The molecule has 19 heavy (non-hydrogen) atoms. The van der Waals surface area contributed by atoms with Gasteiger partial charge in [0.2, 0.25) is 0 Å². The molecule has 0 aliphatic rings. The minimum atomic E-state index is -0.161. The minimum Gasteiger partial charge on any atom is -0.504 e. The van der Waals surface area contributed by atoms with Gasteiger partial charge in [0.1, 0.15) is 0 Å². The zero-order valence-electron chi connectivity index (χ0n) is 9.93. The summed E-state index contributed by atoms with van der Waals surface area (Å²) in [7, 11) is 0. The Morgan fingerprint density at radius 3 is 2.53 bits per heavy atom. The van der Waals surface area contributed by atoms with Crippen LogP contribution in [-0.2, 0) is 0 Å². The molecule has 0 saturated carbocycles. The summed E-state index contributed by atoms with van der Waals surface area (Å²) in [5.41, 5.74) is 1.53. The Balaban J connectivity index is 2.12. The molecule has 0 radical (unpaired) electrons. The largest absolute Gasteiger partial charge is 0.504 e. The van der Waals surface area contributed by atoms with Crippen LogP contribution in [0.1, 0.15) is 0 Å². The van der Waals surface area contributed by atoms with E-state index in [0.29, 0.717) is 5.82 Å². The molecule has 0 aliphatic heterocycles. The normalized spacial score (nSPS) is 10.5. The smallest absolute Gasteiger partial charge is 0.158 e. The van der Waals surface area contributed by atoms with Crippen LogP contribution < -0.4 is 0 Å². The maximum absolute atomic E-state index is 9.57. The van der Waals surface area contributed by atoms with E-state index in [4.69, 9.17) is 0 Å². The van der Waals surface area contributed by atoms with Crippen molar-refractivity contribution in [3.63, 3.8) is 0 Å². The lowest BCUT2D eigenvalue weighted by Gasteiger charge is -2.07. The van der Waals surface area contributed by atoms with Crippen LogP contribution in [-0.4, -0.2) is 25.0 Å². The van der Waals surface area contributed by atoms with E-state index in [-0.39, 0.29) is 11.5 Å². The molecule has 0 unspecified atom stereocenters. The molecule has 3 aromatic rings. The third-order valence-electron chi connectivity index (χ3n) is 2.78. The van der Waals surface area contributed by atoms with Crippen molar-refractivity contribution >= 4 is 0 Å². The van der Waals surface area contributed by atoms with Gasteiger partial charge >= 0.3 is 0 Å². The Morgan fingerprint density at radius 2 is 1.79 bits per heavy atom. The number of phenols is 2. The number of hydrogen-bond acceptors (Lipinski definition) is 4. The fraction of sp³-hybridized carbons (Fsp3) is 0. The Labute approximate surface area is 109 Å². The van der Waals surface area contributed by atoms with Crippen molar-refractivity contribution in [2.45, 2.75) is 0 Å². The second-order valence-corrected chi connectivity index (χ2v) is 4.02. The fourth-order valence-corrected chi connectivity index (χ4v) is 1.87. The van der Waals surface area contributed by atoms with Crippen LogP contribution in [0.25, 0.3) is 17.1 Å². The van der Waals surface area contributed by atoms with Crippen molar-refractivity contribution in [2.24, 2.45) is 0 Å². The summed E-state index contributed by atoms with van der Waals surface area (Å²) >= 11 is 0. The number of pyridine rings is 1. The molecule has 2 aromatic heterocycles. The van der Waals surface area contributed by atoms with Crippen molar-refractivity contribution in [1.82, 2.24) is 14.8 Å². The quantitative estimate of drug-likeness (QED) is 0.688. The molecule has 0 spiro atoms. The van der Waals surface area contributed by atoms with Crippen LogP contribution in [0.3, 0.4) is 0 Å². The van der Waals surface area contributed by atoms with Crippen molar-refractivity contribution in [3.05, 3.63) is 54.9 Å². The van der Waals surface area contributed by atoms with E-state index >= 15 is 0 Å². The number of rotatable bonds is 2. The lowest BCUT2D eigenvalue weighted by atomic mass is 10.1. The summed E-state index contributed by atoms with van der Waals surface area (Å²) in [6.45, 7) is 0. The Kier molecular flexibility index (Phi) is 2.64. The molecule has 94 valence electrons. The number of aromatic nitrogens is 3. The van der Waals surface area contributed by atoms with E-state index in [9.17, 15) is 10.2 Å². The highest BCUT2D eigenvalue weighted by atomic mass is 16.3. The molecule has 2 heterocycles. The summed E-state index contributed by atoms with van der Waals surface area (Å²) in [4.78, 5) is 4.24. The maximum Gasteiger partial charge on any atom is 0.158 e. The lowest BCUT2D eigenvalue weighted by molar-refractivity contribution is 0.404. The summed E-state index contributed by atoms with van der Waals surface area (Å²) in [5.74, 6) is 0.383. The SMILES string of the molecule is Oc1ccc(-c2ccnn2-c2ccccn2)cc1O. The third-order valence-corrected chi connectivity index (χ3v) is 2.78. The molecule has 0 atom stereocenters. The first-order chi connectivity index (χ1) is 9.25. The van der Waals surface area contributed by atoms with Crippen molar-refractivity contribution in [1.29, 1.82) is 0 Å². The van der Waals surface area contributed by atoms with E-state index in [1.807, 2.05) is 24.3 Å². The van der Waals surface area contributed by atoms with E-state index < -0.39 is 0 Å². The van der Waals surface area contributed by atoms with E-state index in [0.717, 1.165) is 11.3 Å². The van der Waals surface area contributed by atoms with E-state index in [1.165, 1.54) is 12.1 Å². The van der Waals surface area contributed by atoms with Gasteiger partial charge in [-0.25, -0.2) is 9.67 Å². The average Bonchev–Trinajstić information content (AvgIpc) is 2.92. The van der Waals surface area contributed by atoms with E-state index in [2.05, 4.69) is 10.1 Å². The van der Waals surface area contributed by atoms with Crippen molar-refractivity contribution < 1.29 is 10.2 Å². The molecular weight excluding hydrogens is 242 g/mol. The van der Waals surface area contributed by atoms with E-state index in [1.54, 1.807) is 23.1 Å². The summed E-state index contributed by atoms with van der Waals surface area (Å²) in [5, 5.41) is 23.1. The van der Waals surface area contributed by atoms with Gasteiger partial charge in [0.25, 0.3) is 0 Å². The third kappa shape index (κ3) is 2.01. The molecule has 1 aromatic carbocycles. The number of phenolic OH excluding ortho intramolecular Hbond substituents is 2. The summed E-state index contributed by atoms with van der Waals surface area (Å²) in [6, 6.07) is 12.0. The van der Waals surface area contributed by atoms with Gasteiger partial charge in [-0.05, 0) is 36.4 Å². The molecule has 2 N–H and O–H groups in total. The standard InChI is InChI=1S/C14H11N3O2/c18-12-5-4-10(9-13(12)19)11-6-8-16-17(11)14-3-1-2-7-15-14/h1-9,18-19H. The molecular formula is C14H11N3O2. The average molecular weight is 253 g/mol. The highest BCUT2D eigenvalue weighted by Gasteiger charge is 2.10.